The lowest BCUT2D eigenvalue weighted by atomic mass is 10.00. The smallest absolute Gasteiger partial charge is 0.116 e. The first-order valence-corrected chi connectivity index (χ1v) is 7.51. The van der Waals surface area contributed by atoms with Gasteiger partial charge in [-0.3, -0.25) is 0 Å². The molecule has 0 saturated heterocycles. The molecule has 1 heterocycles. The molecule has 2 rings (SSSR count). The van der Waals surface area contributed by atoms with Crippen LogP contribution in [0, 0.1) is 5.92 Å². The average molecular weight is 251 g/mol. The van der Waals surface area contributed by atoms with Gasteiger partial charge in [0.05, 0.1) is 5.03 Å². The number of hydrogen-bond acceptors (Lipinski definition) is 4. The number of nitrogens with zero attached hydrogens (tertiary/aromatic N) is 2. The Balaban J connectivity index is 1.84. The summed E-state index contributed by atoms with van der Waals surface area (Å²) in [6, 6.07) is 2.63. The van der Waals surface area contributed by atoms with E-state index in [9.17, 15) is 0 Å². The van der Waals surface area contributed by atoms with Gasteiger partial charge in [-0.1, -0.05) is 19.8 Å². The van der Waals surface area contributed by atoms with Gasteiger partial charge in [0.1, 0.15) is 6.33 Å². The summed E-state index contributed by atoms with van der Waals surface area (Å²) in [4.78, 5) is 8.21. The van der Waals surface area contributed by atoms with Gasteiger partial charge in [-0.2, -0.15) is 0 Å². The van der Waals surface area contributed by atoms with Gasteiger partial charge >= 0.3 is 0 Å². The molecule has 1 unspecified atom stereocenters. The van der Waals surface area contributed by atoms with Gasteiger partial charge in [0, 0.05) is 18.0 Å². The lowest BCUT2D eigenvalue weighted by molar-refractivity contribution is 0.394. The number of rotatable bonds is 6. The second-order valence-corrected chi connectivity index (χ2v) is 5.61. The maximum Gasteiger partial charge on any atom is 0.116 e. The van der Waals surface area contributed by atoms with E-state index in [-0.39, 0.29) is 0 Å². The minimum Gasteiger partial charge on any atom is -0.313 e. The van der Waals surface area contributed by atoms with E-state index < -0.39 is 0 Å². The highest BCUT2D eigenvalue weighted by molar-refractivity contribution is 7.99. The molecule has 94 valence electrons. The fourth-order valence-electron chi connectivity index (χ4n) is 2.52. The first kappa shape index (κ1) is 12.8. The molecule has 17 heavy (non-hydrogen) atoms. The minimum absolute atomic E-state index is 0.641. The van der Waals surface area contributed by atoms with Crippen molar-refractivity contribution in [3.8, 4) is 0 Å². The van der Waals surface area contributed by atoms with Crippen LogP contribution in [0.5, 0.6) is 0 Å². The summed E-state index contributed by atoms with van der Waals surface area (Å²) in [7, 11) is 0. The topological polar surface area (TPSA) is 37.8 Å². The van der Waals surface area contributed by atoms with Gasteiger partial charge in [-0.05, 0) is 31.4 Å². The van der Waals surface area contributed by atoms with Crippen LogP contribution in [0.25, 0.3) is 0 Å². The first-order chi connectivity index (χ1) is 8.40. The Morgan fingerprint density at radius 2 is 2.29 bits per heavy atom. The van der Waals surface area contributed by atoms with E-state index in [0.29, 0.717) is 6.04 Å². The van der Waals surface area contributed by atoms with Gasteiger partial charge in [-0.15, -0.1) is 11.8 Å². The average Bonchev–Trinajstić information content (AvgIpc) is 2.89. The summed E-state index contributed by atoms with van der Waals surface area (Å²) < 4.78 is 0. The fourth-order valence-corrected chi connectivity index (χ4v) is 3.54. The molecule has 1 aromatic rings. The summed E-state index contributed by atoms with van der Waals surface area (Å²) in [5.41, 5.74) is 0. The molecule has 1 N–H and O–H groups in total. The molecule has 0 spiro atoms. The van der Waals surface area contributed by atoms with Crippen molar-refractivity contribution in [1.82, 2.24) is 15.3 Å². The van der Waals surface area contributed by atoms with Crippen LogP contribution in [0.2, 0.25) is 0 Å². The lowest BCUT2D eigenvalue weighted by Crippen LogP contribution is -2.37. The molecule has 1 aliphatic carbocycles. The largest absolute Gasteiger partial charge is 0.313 e. The number of nitrogens with one attached hydrogen (secondary N) is 1. The van der Waals surface area contributed by atoms with Crippen LogP contribution in [-0.2, 0) is 0 Å². The zero-order valence-corrected chi connectivity index (χ0v) is 11.2. The van der Waals surface area contributed by atoms with Crippen molar-refractivity contribution in [3.05, 3.63) is 18.6 Å². The number of thioether (sulfide) groups is 1. The summed E-state index contributed by atoms with van der Waals surface area (Å²) >= 11 is 1.84. The maximum atomic E-state index is 4.26. The normalized spacial score (nSPS) is 18.4. The molecule has 1 aliphatic rings. The van der Waals surface area contributed by atoms with E-state index in [0.717, 1.165) is 23.2 Å². The Hall–Kier alpha value is -0.610. The zero-order chi connectivity index (χ0) is 11.9. The summed E-state index contributed by atoms with van der Waals surface area (Å²) in [6.45, 7) is 3.25. The molecule has 3 nitrogen and oxygen atoms in total. The molecule has 1 fully saturated rings. The Bertz CT molecular complexity index is 312. The molecule has 0 bridgehead atoms. The van der Waals surface area contributed by atoms with Crippen molar-refractivity contribution in [3.63, 3.8) is 0 Å². The Morgan fingerprint density at radius 3 is 2.94 bits per heavy atom. The van der Waals surface area contributed by atoms with Crippen molar-refractivity contribution < 1.29 is 0 Å². The quantitative estimate of drug-likeness (QED) is 0.623. The van der Waals surface area contributed by atoms with E-state index in [1.807, 2.05) is 24.0 Å². The highest BCUT2D eigenvalue weighted by Crippen LogP contribution is 2.30. The first-order valence-electron chi connectivity index (χ1n) is 6.52. The van der Waals surface area contributed by atoms with Gasteiger partial charge < -0.3 is 5.32 Å². The molecule has 1 saturated carbocycles. The van der Waals surface area contributed by atoms with Gasteiger partial charge in [0.15, 0.2) is 0 Å². The van der Waals surface area contributed by atoms with Crippen LogP contribution in [0.3, 0.4) is 0 Å². The fraction of sp³-hybridized carbons (Fsp3) is 0.692. The van der Waals surface area contributed by atoms with Gasteiger partial charge in [0.2, 0.25) is 0 Å². The predicted molar refractivity (Wildman–Crippen MR) is 72.2 cm³/mol. The van der Waals surface area contributed by atoms with Crippen LogP contribution >= 0.6 is 11.8 Å². The third kappa shape index (κ3) is 3.96. The monoisotopic (exact) mass is 251 g/mol. The minimum atomic E-state index is 0.641. The second kappa shape index (κ2) is 6.97. The lowest BCUT2D eigenvalue weighted by Gasteiger charge is -2.23. The highest BCUT2D eigenvalue weighted by atomic mass is 32.2. The highest BCUT2D eigenvalue weighted by Gasteiger charge is 2.24. The zero-order valence-electron chi connectivity index (χ0n) is 10.4. The molecular formula is C13H21N3S. The van der Waals surface area contributed by atoms with Crippen LogP contribution in [-0.4, -0.2) is 28.3 Å². The van der Waals surface area contributed by atoms with Crippen LogP contribution in [0.15, 0.2) is 23.6 Å². The van der Waals surface area contributed by atoms with Crippen molar-refractivity contribution in [2.24, 2.45) is 5.92 Å². The van der Waals surface area contributed by atoms with E-state index in [1.165, 1.54) is 25.7 Å². The van der Waals surface area contributed by atoms with E-state index >= 15 is 0 Å². The SMILES string of the molecule is CCNC(CSc1ccncn1)C1CCCC1. The summed E-state index contributed by atoms with van der Waals surface area (Å²) in [6.07, 6.45) is 9.03. The summed E-state index contributed by atoms with van der Waals surface area (Å²) in [5.74, 6) is 1.99. The molecule has 0 amide bonds. The van der Waals surface area contributed by atoms with Crippen LogP contribution in [0.4, 0.5) is 0 Å². The number of hydrogen-bond donors (Lipinski definition) is 1. The Labute approximate surface area is 108 Å². The van der Waals surface area contributed by atoms with E-state index in [1.54, 1.807) is 6.33 Å². The van der Waals surface area contributed by atoms with Crippen molar-refractivity contribution >= 4 is 11.8 Å². The maximum absolute atomic E-state index is 4.26. The van der Waals surface area contributed by atoms with E-state index in [2.05, 4.69) is 22.2 Å². The number of aromatic nitrogens is 2. The van der Waals surface area contributed by atoms with Crippen molar-refractivity contribution in [2.45, 2.75) is 43.7 Å². The molecule has 4 heteroatoms. The third-order valence-corrected chi connectivity index (χ3v) is 4.46. The van der Waals surface area contributed by atoms with Crippen molar-refractivity contribution in [1.29, 1.82) is 0 Å². The summed E-state index contributed by atoms with van der Waals surface area (Å²) in [5, 5.41) is 4.71. The molecule has 0 radical (unpaired) electrons. The molecule has 1 aromatic heterocycles. The standard InChI is InChI=1S/C13H21N3S/c1-2-15-12(11-5-3-4-6-11)9-17-13-7-8-14-10-16-13/h7-8,10-12,15H,2-6,9H2,1H3. The molecular weight excluding hydrogens is 230 g/mol. The second-order valence-electron chi connectivity index (χ2n) is 4.57. The van der Waals surface area contributed by atoms with E-state index in [4.69, 9.17) is 0 Å². The predicted octanol–water partition coefficient (Wildman–Crippen LogP) is 2.74. The van der Waals surface area contributed by atoms with Gasteiger partial charge in [-0.25, -0.2) is 9.97 Å². The molecule has 1 atom stereocenters. The van der Waals surface area contributed by atoms with Gasteiger partial charge in [0.25, 0.3) is 0 Å². The Kier molecular flexibility index (Phi) is 5.26. The Morgan fingerprint density at radius 1 is 1.47 bits per heavy atom. The third-order valence-electron chi connectivity index (χ3n) is 3.40. The molecule has 0 aromatic carbocycles. The van der Waals surface area contributed by atoms with Crippen LogP contribution in [0.1, 0.15) is 32.6 Å². The van der Waals surface area contributed by atoms with Crippen LogP contribution < -0.4 is 5.32 Å². The molecule has 0 aliphatic heterocycles. The van der Waals surface area contributed by atoms with Crippen molar-refractivity contribution in [2.75, 3.05) is 12.3 Å².